The summed E-state index contributed by atoms with van der Waals surface area (Å²) in [7, 11) is 0. The number of nitrogens with zero attached hydrogens (tertiary/aromatic N) is 3. The number of piperidine rings is 1. The van der Waals surface area contributed by atoms with E-state index < -0.39 is 10.7 Å². The normalized spacial score (nSPS) is 17.2. The molecule has 2 N–H and O–H groups in total. The maximum atomic E-state index is 14.6. The largest absolute Gasteiger partial charge is 0.396 e. The molecule has 0 bridgehead atoms. The van der Waals surface area contributed by atoms with Gasteiger partial charge in [0.05, 0.1) is 10.6 Å². The molecule has 1 aromatic heterocycles. The molecule has 2 heterocycles. The molecule has 0 radical (unpaired) electrons. The van der Waals surface area contributed by atoms with Gasteiger partial charge in [-0.1, -0.05) is 11.6 Å². The first-order valence-electron chi connectivity index (χ1n) is 8.21. The minimum absolute atomic E-state index is 0.0482. The third kappa shape index (κ3) is 4.03. The Hall–Kier alpha value is -2.45. The summed E-state index contributed by atoms with van der Waals surface area (Å²) in [5.41, 5.74) is 0.530. The Morgan fingerprint density at radius 2 is 2.23 bits per heavy atom. The van der Waals surface area contributed by atoms with Crippen molar-refractivity contribution in [2.45, 2.75) is 12.8 Å². The van der Waals surface area contributed by atoms with Crippen LogP contribution in [0.15, 0.2) is 30.3 Å². The average Bonchev–Trinajstić information content (AvgIpc) is 2.61. The van der Waals surface area contributed by atoms with Gasteiger partial charge in [0.15, 0.2) is 0 Å². The Morgan fingerprint density at radius 3 is 2.92 bits per heavy atom. The molecule has 0 aliphatic carbocycles. The van der Waals surface area contributed by atoms with Gasteiger partial charge in [-0.3, -0.25) is 10.1 Å². The number of hydrogen-bond acceptors (Lipinski definition) is 6. The number of halogens is 2. The maximum Gasteiger partial charge on any atom is 0.311 e. The summed E-state index contributed by atoms with van der Waals surface area (Å²) in [4.78, 5) is 16.3. The highest BCUT2D eigenvalue weighted by Crippen LogP contribution is 2.31. The molecule has 1 atom stereocenters. The van der Waals surface area contributed by atoms with Crippen LogP contribution < -0.4 is 10.2 Å². The summed E-state index contributed by atoms with van der Waals surface area (Å²) in [5, 5.41) is 23.3. The molecule has 1 aromatic carbocycles. The van der Waals surface area contributed by atoms with Gasteiger partial charge in [0, 0.05) is 31.5 Å². The smallest absolute Gasteiger partial charge is 0.311 e. The Bertz CT molecular complexity index is 821. The number of nitrogens with one attached hydrogen (secondary N) is 1. The first-order valence-corrected chi connectivity index (χ1v) is 8.59. The topological polar surface area (TPSA) is 91.5 Å². The van der Waals surface area contributed by atoms with Crippen molar-refractivity contribution in [1.29, 1.82) is 0 Å². The van der Waals surface area contributed by atoms with Crippen LogP contribution in [-0.2, 0) is 0 Å². The van der Waals surface area contributed by atoms with Gasteiger partial charge in [0.1, 0.15) is 11.0 Å². The van der Waals surface area contributed by atoms with E-state index in [4.69, 9.17) is 11.6 Å². The Labute approximate surface area is 154 Å². The van der Waals surface area contributed by atoms with Crippen molar-refractivity contribution in [3.8, 4) is 0 Å². The lowest BCUT2D eigenvalue weighted by Crippen LogP contribution is -2.37. The van der Waals surface area contributed by atoms with Crippen LogP contribution in [0.25, 0.3) is 0 Å². The first-order chi connectivity index (χ1) is 12.5. The Morgan fingerprint density at radius 1 is 1.42 bits per heavy atom. The standard InChI is InChI=1S/C17H18ClFN4O3/c18-16-6-5-15(23(25)26)17(21-16)20-12-3-4-14(13(19)8-12)22-7-1-2-11(9-22)10-24/h3-6,8,11,24H,1-2,7,9-10H2,(H,20,21). The fraction of sp³-hybridized carbons (Fsp3) is 0.353. The average molecular weight is 381 g/mol. The van der Waals surface area contributed by atoms with E-state index in [0.717, 1.165) is 19.4 Å². The zero-order valence-corrected chi connectivity index (χ0v) is 14.6. The first kappa shape index (κ1) is 18.3. The summed E-state index contributed by atoms with van der Waals surface area (Å²) in [6, 6.07) is 7.08. The summed E-state index contributed by atoms with van der Waals surface area (Å²) in [6.45, 7) is 1.41. The van der Waals surface area contributed by atoms with Gasteiger partial charge < -0.3 is 15.3 Å². The molecule has 0 saturated carbocycles. The zero-order valence-electron chi connectivity index (χ0n) is 13.9. The third-order valence-electron chi connectivity index (χ3n) is 4.36. The molecule has 7 nitrogen and oxygen atoms in total. The summed E-state index contributed by atoms with van der Waals surface area (Å²) in [6.07, 6.45) is 1.82. The number of aliphatic hydroxyl groups is 1. The van der Waals surface area contributed by atoms with Crippen molar-refractivity contribution in [2.75, 3.05) is 29.9 Å². The van der Waals surface area contributed by atoms with E-state index in [2.05, 4.69) is 10.3 Å². The van der Waals surface area contributed by atoms with Crippen molar-refractivity contribution >= 4 is 34.5 Å². The highest BCUT2D eigenvalue weighted by atomic mass is 35.5. The van der Waals surface area contributed by atoms with E-state index in [1.807, 2.05) is 4.90 Å². The van der Waals surface area contributed by atoms with Gasteiger partial charge in [-0.2, -0.15) is 0 Å². The fourth-order valence-electron chi connectivity index (χ4n) is 3.08. The number of rotatable bonds is 5. The van der Waals surface area contributed by atoms with Gasteiger partial charge in [-0.25, -0.2) is 9.37 Å². The van der Waals surface area contributed by atoms with Gasteiger partial charge in [-0.05, 0) is 43.0 Å². The highest BCUT2D eigenvalue weighted by Gasteiger charge is 2.22. The van der Waals surface area contributed by atoms with Crippen molar-refractivity contribution in [2.24, 2.45) is 5.92 Å². The van der Waals surface area contributed by atoms with E-state index in [1.165, 1.54) is 18.2 Å². The molecule has 138 valence electrons. The van der Waals surface area contributed by atoms with E-state index in [9.17, 15) is 19.6 Å². The van der Waals surface area contributed by atoms with Gasteiger partial charge >= 0.3 is 5.69 Å². The second-order valence-corrected chi connectivity index (χ2v) is 6.57. The number of aliphatic hydroxyl groups excluding tert-OH is 1. The van der Waals surface area contributed by atoms with Crippen LogP contribution >= 0.6 is 11.6 Å². The Balaban J connectivity index is 1.82. The number of anilines is 3. The van der Waals surface area contributed by atoms with Gasteiger partial charge in [-0.15, -0.1) is 0 Å². The fourth-order valence-corrected chi connectivity index (χ4v) is 3.23. The van der Waals surface area contributed by atoms with Crippen LogP contribution in [0.2, 0.25) is 5.15 Å². The van der Waals surface area contributed by atoms with E-state index in [-0.39, 0.29) is 29.2 Å². The second kappa shape index (κ2) is 7.84. The van der Waals surface area contributed by atoms with Gasteiger partial charge in [0.2, 0.25) is 5.82 Å². The van der Waals surface area contributed by atoms with Crippen LogP contribution in [0.1, 0.15) is 12.8 Å². The third-order valence-corrected chi connectivity index (χ3v) is 4.58. The molecule has 2 aromatic rings. The predicted molar refractivity (Wildman–Crippen MR) is 97.6 cm³/mol. The molecular formula is C17H18ClFN4O3. The monoisotopic (exact) mass is 380 g/mol. The van der Waals surface area contributed by atoms with Crippen LogP contribution in [-0.4, -0.2) is 34.7 Å². The van der Waals surface area contributed by atoms with Crippen LogP contribution in [0.5, 0.6) is 0 Å². The van der Waals surface area contributed by atoms with Crippen LogP contribution in [0.3, 0.4) is 0 Å². The highest BCUT2D eigenvalue weighted by molar-refractivity contribution is 6.29. The molecule has 1 aliphatic rings. The number of aromatic nitrogens is 1. The van der Waals surface area contributed by atoms with Crippen molar-refractivity contribution in [3.63, 3.8) is 0 Å². The van der Waals surface area contributed by atoms with Crippen molar-refractivity contribution < 1.29 is 14.4 Å². The second-order valence-electron chi connectivity index (χ2n) is 6.19. The maximum absolute atomic E-state index is 14.6. The van der Waals surface area contributed by atoms with E-state index in [0.29, 0.717) is 17.9 Å². The van der Waals surface area contributed by atoms with E-state index >= 15 is 0 Å². The molecule has 9 heteroatoms. The molecule has 1 fully saturated rings. The molecule has 1 saturated heterocycles. The quantitative estimate of drug-likeness (QED) is 0.466. The summed E-state index contributed by atoms with van der Waals surface area (Å²) < 4.78 is 14.6. The summed E-state index contributed by atoms with van der Waals surface area (Å²) in [5.74, 6) is -0.356. The number of nitro groups is 1. The van der Waals surface area contributed by atoms with Crippen molar-refractivity contribution in [1.82, 2.24) is 4.98 Å². The zero-order chi connectivity index (χ0) is 18.7. The number of benzene rings is 1. The lowest BCUT2D eigenvalue weighted by molar-refractivity contribution is -0.384. The molecule has 1 unspecified atom stereocenters. The molecule has 1 aliphatic heterocycles. The number of pyridine rings is 1. The minimum Gasteiger partial charge on any atom is -0.396 e. The van der Waals surface area contributed by atoms with Crippen LogP contribution in [0.4, 0.5) is 27.3 Å². The van der Waals surface area contributed by atoms with Crippen molar-refractivity contribution in [3.05, 3.63) is 51.4 Å². The van der Waals surface area contributed by atoms with Gasteiger partial charge in [0.25, 0.3) is 0 Å². The summed E-state index contributed by atoms with van der Waals surface area (Å²) >= 11 is 5.80. The Kier molecular flexibility index (Phi) is 5.53. The minimum atomic E-state index is -0.584. The van der Waals surface area contributed by atoms with Crippen LogP contribution in [0, 0.1) is 21.8 Å². The number of hydrogen-bond donors (Lipinski definition) is 2. The lowest BCUT2D eigenvalue weighted by Gasteiger charge is -2.33. The van der Waals surface area contributed by atoms with E-state index in [1.54, 1.807) is 12.1 Å². The predicted octanol–water partition coefficient (Wildman–Crippen LogP) is 3.73. The SMILES string of the molecule is O=[N+]([O-])c1ccc(Cl)nc1Nc1ccc(N2CCCC(CO)C2)c(F)c1. The lowest BCUT2D eigenvalue weighted by atomic mass is 9.98. The molecule has 26 heavy (non-hydrogen) atoms. The molecule has 0 spiro atoms. The molecular weight excluding hydrogens is 363 g/mol. The molecule has 3 rings (SSSR count). The molecule has 0 amide bonds.